The maximum atomic E-state index is 6.37. The van der Waals surface area contributed by atoms with Crippen molar-refractivity contribution < 1.29 is 0 Å². The fourth-order valence-electron chi connectivity index (χ4n) is 0.177. The van der Waals surface area contributed by atoms with Crippen LogP contribution in [0, 0.1) is 12.3 Å². The van der Waals surface area contributed by atoms with Crippen molar-refractivity contribution in [2.75, 3.05) is 0 Å². The molecule has 0 aliphatic rings. The van der Waals surface area contributed by atoms with Crippen molar-refractivity contribution in [2.45, 2.75) is 13.3 Å². The standard InChI is InChI=1S/C6H7/c1-3-5-6-4-2/h5-6H,3H2,1H3/b6-5+. The number of rotatable bonds is 1. The normalized spacial score (nSPS) is 8.67. The highest BCUT2D eigenvalue weighted by Crippen LogP contribution is 1.74. The van der Waals surface area contributed by atoms with Crippen LogP contribution in [0.4, 0.5) is 0 Å². The Kier molecular flexibility index (Phi) is 3.80. The van der Waals surface area contributed by atoms with Crippen LogP contribution in [0.3, 0.4) is 0 Å². The van der Waals surface area contributed by atoms with Gasteiger partial charge in [0.05, 0.1) is 0 Å². The molecule has 0 fully saturated rings. The van der Waals surface area contributed by atoms with E-state index in [0.717, 1.165) is 6.42 Å². The quantitative estimate of drug-likeness (QED) is 0.418. The Hall–Kier alpha value is -0.700. The van der Waals surface area contributed by atoms with E-state index < -0.39 is 0 Å². The van der Waals surface area contributed by atoms with Crippen molar-refractivity contribution in [2.24, 2.45) is 0 Å². The monoisotopic (exact) mass is 79.1 g/mol. The highest BCUT2D eigenvalue weighted by atomic mass is 13.6. The lowest BCUT2D eigenvalue weighted by atomic mass is 10.4. The summed E-state index contributed by atoms with van der Waals surface area (Å²) in [6, 6.07) is 0. The zero-order valence-electron chi connectivity index (χ0n) is 3.86. The summed E-state index contributed by atoms with van der Waals surface area (Å²) in [5.41, 5.74) is 0. The van der Waals surface area contributed by atoms with Crippen LogP contribution in [0.25, 0.3) is 0 Å². The summed E-state index contributed by atoms with van der Waals surface area (Å²) in [7, 11) is 0. The van der Waals surface area contributed by atoms with Gasteiger partial charge in [-0.1, -0.05) is 18.9 Å². The Labute approximate surface area is 38.9 Å². The van der Waals surface area contributed by atoms with E-state index in [2.05, 4.69) is 5.92 Å². The number of hydrogen-bond acceptors (Lipinski definition) is 0. The summed E-state index contributed by atoms with van der Waals surface area (Å²) in [4.78, 5) is 0. The lowest BCUT2D eigenvalue weighted by Gasteiger charge is -1.65. The van der Waals surface area contributed by atoms with Crippen molar-refractivity contribution in [1.82, 2.24) is 0 Å². The van der Waals surface area contributed by atoms with Gasteiger partial charge in [0, 0.05) is 0 Å². The average molecular weight is 79.1 g/mol. The second kappa shape index (κ2) is 4.30. The van der Waals surface area contributed by atoms with E-state index in [-0.39, 0.29) is 0 Å². The van der Waals surface area contributed by atoms with E-state index in [1.807, 2.05) is 13.0 Å². The first-order valence-corrected chi connectivity index (χ1v) is 1.99. The van der Waals surface area contributed by atoms with Crippen LogP contribution in [-0.2, 0) is 0 Å². The minimum Gasteiger partial charge on any atom is -0.0764 e. The van der Waals surface area contributed by atoms with Gasteiger partial charge < -0.3 is 0 Å². The zero-order valence-corrected chi connectivity index (χ0v) is 3.86. The Morgan fingerprint density at radius 1 is 1.83 bits per heavy atom. The van der Waals surface area contributed by atoms with Gasteiger partial charge in [-0.05, 0) is 18.9 Å². The molecule has 0 nitrogen and oxygen atoms in total. The molecule has 0 heteroatoms. The molecule has 0 saturated carbocycles. The van der Waals surface area contributed by atoms with Gasteiger partial charge in [0.2, 0.25) is 0 Å². The predicted octanol–water partition coefficient (Wildman–Crippen LogP) is 1.54. The van der Waals surface area contributed by atoms with E-state index in [1.165, 1.54) is 0 Å². The topological polar surface area (TPSA) is 0 Å². The van der Waals surface area contributed by atoms with Gasteiger partial charge in [0.25, 0.3) is 0 Å². The smallest absolute Gasteiger partial charge is 0.0102 e. The second-order valence-electron chi connectivity index (χ2n) is 0.955. The average Bonchev–Trinajstić information content (AvgIpc) is 1.61. The lowest BCUT2D eigenvalue weighted by Crippen LogP contribution is -1.46. The molecule has 0 saturated heterocycles. The molecule has 31 valence electrons. The minimum absolute atomic E-state index is 0.992. The Morgan fingerprint density at radius 3 is 2.67 bits per heavy atom. The highest BCUT2D eigenvalue weighted by Gasteiger charge is 1.55. The summed E-state index contributed by atoms with van der Waals surface area (Å²) in [6.07, 6.45) is 10.8. The summed E-state index contributed by atoms with van der Waals surface area (Å²) < 4.78 is 0. The van der Waals surface area contributed by atoms with Gasteiger partial charge in [0.15, 0.2) is 0 Å². The third-order valence-electron chi connectivity index (χ3n) is 0.437. The molecule has 0 aliphatic carbocycles. The number of allylic oxidation sites excluding steroid dienone is 2. The molecule has 0 N–H and O–H groups in total. The lowest BCUT2D eigenvalue weighted by molar-refractivity contribution is 1.23. The van der Waals surface area contributed by atoms with E-state index >= 15 is 0 Å². The van der Waals surface area contributed by atoms with Crippen molar-refractivity contribution in [3.63, 3.8) is 0 Å². The van der Waals surface area contributed by atoms with Crippen molar-refractivity contribution in [3.05, 3.63) is 18.6 Å². The third-order valence-corrected chi connectivity index (χ3v) is 0.437. The number of hydrogen-bond donors (Lipinski definition) is 0. The van der Waals surface area contributed by atoms with Crippen LogP contribution in [0.1, 0.15) is 13.3 Å². The molecule has 0 aliphatic heterocycles. The maximum Gasteiger partial charge on any atom is -0.0102 e. The first-order valence-electron chi connectivity index (χ1n) is 1.99. The maximum absolute atomic E-state index is 6.37. The van der Waals surface area contributed by atoms with E-state index in [9.17, 15) is 0 Å². The van der Waals surface area contributed by atoms with E-state index in [4.69, 9.17) is 6.42 Å². The molecule has 0 rings (SSSR count). The van der Waals surface area contributed by atoms with Crippen LogP contribution >= 0.6 is 0 Å². The largest absolute Gasteiger partial charge is 0.0764 e. The molecule has 0 unspecified atom stereocenters. The molecular formula is C6H7. The molecule has 0 amide bonds. The summed E-state index contributed by atoms with van der Waals surface area (Å²) in [5.74, 6) is 2.14. The Balaban J connectivity index is 3.02. The highest BCUT2D eigenvalue weighted by molar-refractivity contribution is 5.03. The Bertz CT molecular complexity index is 72.5. The van der Waals surface area contributed by atoms with Crippen LogP contribution in [0.5, 0.6) is 0 Å². The van der Waals surface area contributed by atoms with Gasteiger partial charge in [-0.25, -0.2) is 0 Å². The van der Waals surface area contributed by atoms with Crippen LogP contribution in [-0.4, -0.2) is 0 Å². The molecule has 0 spiro atoms. The predicted molar refractivity (Wildman–Crippen MR) is 26.6 cm³/mol. The van der Waals surface area contributed by atoms with Crippen LogP contribution < -0.4 is 0 Å². The first kappa shape index (κ1) is 5.30. The first-order chi connectivity index (χ1) is 2.91. The Morgan fingerprint density at radius 2 is 2.50 bits per heavy atom. The SMILES string of the molecule is [C]#C/C=C/CC. The summed E-state index contributed by atoms with van der Waals surface area (Å²) >= 11 is 0. The van der Waals surface area contributed by atoms with E-state index in [1.54, 1.807) is 6.08 Å². The van der Waals surface area contributed by atoms with Crippen LogP contribution in [0.15, 0.2) is 12.2 Å². The molecule has 0 aromatic heterocycles. The van der Waals surface area contributed by atoms with E-state index in [0.29, 0.717) is 0 Å². The molecule has 0 bridgehead atoms. The molecule has 0 aromatic carbocycles. The van der Waals surface area contributed by atoms with Gasteiger partial charge in [-0.3, -0.25) is 0 Å². The summed E-state index contributed by atoms with van der Waals surface area (Å²) in [5, 5.41) is 0. The van der Waals surface area contributed by atoms with Gasteiger partial charge in [-0.2, -0.15) is 0 Å². The van der Waals surface area contributed by atoms with Crippen molar-refractivity contribution in [1.29, 1.82) is 0 Å². The third kappa shape index (κ3) is 3.30. The molecule has 6 heavy (non-hydrogen) atoms. The fraction of sp³-hybridized carbons (Fsp3) is 0.333. The minimum atomic E-state index is 0.992. The molecule has 1 radical (unpaired) electrons. The van der Waals surface area contributed by atoms with Gasteiger partial charge in [0.1, 0.15) is 0 Å². The fourth-order valence-corrected chi connectivity index (χ4v) is 0.177. The molecule has 0 aromatic rings. The zero-order chi connectivity index (χ0) is 4.83. The van der Waals surface area contributed by atoms with Gasteiger partial charge >= 0.3 is 0 Å². The van der Waals surface area contributed by atoms with Gasteiger partial charge in [-0.15, -0.1) is 0 Å². The van der Waals surface area contributed by atoms with Crippen molar-refractivity contribution >= 4 is 0 Å². The van der Waals surface area contributed by atoms with Crippen LogP contribution in [0.2, 0.25) is 0 Å². The second-order valence-corrected chi connectivity index (χ2v) is 0.955. The summed E-state index contributed by atoms with van der Waals surface area (Å²) in [6.45, 7) is 2.02. The molecule has 0 atom stereocenters. The molecule has 0 heterocycles. The molecular weight excluding hydrogens is 72.1 g/mol. The van der Waals surface area contributed by atoms with Crippen molar-refractivity contribution in [3.8, 4) is 5.92 Å².